The third-order valence-corrected chi connectivity index (χ3v) is 5.80. The number of nitrogens with zero attached hydrogens (tertiary/aromatic N) is 2. The van der Waals surface area contributed by atoms with Gasteiger partial charge in [0.2, 0.25) is 5.91 Å². The molecule has 1 fully saturated rings. The number of benzene rings is 2. The topological polar surface area (TPSA) is 49.9 Å². The van der Waals surface area contributed by atoms with Crippen LogP contribution >= 0.6 is 0 Å². The fourth-order valence-corrected chi connectivity index (χ4v) is 4.20. The summed E-state index contributed by atoms with van der Waals surface area (Å²) in [6, 6.07) is 15.1. The van der Waals surface area contributed by atoms with E-state index in [1.807, 2.05) is 58.3 Å². The Hall–Kier alpha value is -2.82. The molecule has 5 nitrogen and oxygen atoms in total. The maximum atomic E-state index is 13.1. The number of fused-ring (bicyclic) bond motifs is 1. The second-order valence-corrected chi connectivity index (χ2v) is 7.52. The SMILES string of the molecule is COc1ccc([C@@H](CC(=O)N2CCCCC2)N2Cc3ccccc3C2=O)cc1. The van der Waals surface area contributed by atoms with Crippen LogP contribution in [0.15, 0.2) is 48.5 Å². The van der Waals surface area contributed by atoms with Gasteiger partial charge in [-0.25, -0.2) is 0 Å². The fourth-order valence-electron chi connectivity index (χ4n) is 4.20. The lowest BCUT2D eigenvalue weighted by molar-refractivity contribution is -0.133. The standard InChI is InChI=1S/C23H26N2O3/c1-28-19-11-9-17(10-12-19)21(15-22(26)24-13-5-2-6-14-24)25-16-18-7-3-4-8-20(18)23(25)27/h3-4,7-12,21H,2,5-6,13-16H2,1H3/t21-/m1/s1. The first-order valence-electron chi connectivity index (χ1n) is 9.98. The molecule has 0 aliphatic carbocycles. The monoisotopic (exact) mass is 378 g/mol. The van der Waals surface area contributed by atoms with Crippen molar-refractivity contribution in [1.29, 1.82) is 0 Å². The molecule has 0 unspecified atom stereocenters. The molecule has 0 saturated carbocycles. The Bertz CT molecular complexity index is 856. The molecule has 1 saturated heterocycles. The Balaban J connectivity index is 1.61. The van der Waals surface area contributed by atoms with Gasteiger partial charge in [-0.05, 0) is 48.6 Å². The first-order chi connectivity index (χ1) is 13.7. The van der Waals surface area contributed by atoms with Gasteiger partial charge in [0, 0.05) is 25.2 Å². The summed E-state index contributed by atoms with van der Waals surface area (Å²) in [5.41, 5.74) is 2.73. The zero-order valence-corrected chi connectivity index (χ0v) is 16.3. The van der Waals surface area contributed by atoms with Crippen LogP contribution in [-0.4, -0.2) is 41.8 Å². The van der Waals surface area contributed by atoms with E-state index in [9.17, 15) is 9.59 Å². The second-order valence-electron chi connectivity index (χ2n) is 7.52. The molecule has 0 radical (unpaired) electrons. The van der Waals surface area contributed by atoms with E-state index < -0.39 is 0 Å². The Morgan fingerprint density at radius 3 is 2.43 bits per heavy atom. The van der Waals surface area contributed by atoms with Crippen LogP contribution in [0.3, 0.4) is 0 Å². The highest BCUT2D eigenvalue weighted by Crippen LogP contribution is 2.34. The van der Waals surface area contributed by atoms with Crippen molar-refractivity contribution in [2.75, 3.05) is 20.2 Å². The van der Waals surface area contributed by atoms with Crippen LogP contribution in [0.1, 0.15) is 53.2 Å². The van der Waals surface area contributed by atoms with Crippen LogP contribution in [0.4, 0.5) is 0 Å². The van der Waals surface area contributed by atoms with Gasteiger partial charge in [0.05, 0.1) is 19.6 Å². The molecule has 1 atom stereocenters. The quantitative estimate of drug-likeness (QED) is 0.795. The molecule has 2 aromatic carbocycles. The van der Waals surface area contributed by atoms with Gasteiger partial charge in [-0.1, -0.05) is 30.3 Å². The maximum absolute atomic E-state index is 13.1. The van der Waals surface area contributed by atoms with E-state index in [1.165, 1.54) is 6.42 Å². The number of carbonyl (C=O) groups is 2. The van der Waals surface area contributed by atoms with Crippen molar-refractivity contribution in [3.05, 3.63) is 65.2 Å². The van der Waals surface area contributed by atoms with Gasteiger partial charge in [-0.3, -0.25) is 9.59 Å². The predicted molar refractivity (Wildman–Crippen MR) is 107 cm³/mol. The zero-order valence-electron chi connectivity index (χ0n) is 16.3. The molecule has 2 amide bonds. The van der Waals surface area contributed by atoms with Gasteiger partial charge < -0.3 is 14.5 Å². The largest absolute Gasteiger partial charge is 0.497 e. The summed E-state index contributed by atoms with van der Waals surface area (Å²) in [6.07, 6.45) is 3.62. The lowest BCUT2D eigenvalue weighted by Gasteiger charge is -2.32. The number of amides is 2. The lowest BCUT2D eigenvalue weighted by Crippen LogP contribution is -2.39. The number of ether oxygens (including phenoxy) is 1. The molecular weight excluding hydrogens is 352 g/mol. The minimum Gasteiger partial charge on any atom is -0.497 e. The van der Waals surface area contributed by atoms with Gasteiger partial charge in [0.25, 0.3) is 5.91 Å². The summed E-state index contributed by atoms with van der Waals surface area (Å²) in [6.45, 7) is 2.18. The third kappa shape index (κ3) is 3.61. The molecule has 28 heavy (non-hydrogen) atoms. The number of carbonyl (C=O) groups excluding carboxylic acids is 2. The summed E-state index contributed by atoms with van der Waals surface area (Å²) in [5.74, 6) is 0.896. The van der Waals surface area contributed by atoms with Gasteiger partial charge in [-0.2, -0.15) is 0 Å². The number of methoxy groups -OCH3 is 1. The second kappa shape index (κ2) is 8.05. The van der Waals surface area contributed by atoms with E-state index in [4.69, 9.17) is 4.74 Å². The predicted octanol–water partition coefficient (Wildman–Crippen LogP) is 3.79. The Labute approximate surface area is 165 Å². The highest BCUT2D eigenvalue weighted by molar-refractivity contribution is 5.98. The average Bonchev–Trinajstić information content (AvgIpc) is 3.09. The van der Waals surface area contributed by atoms with Crippen LogP contribution in [0, 0.1) is 0 Å². The Kier molecular flexibility index (Phi) is 5.33. The van der Waals surface area contributed by atoms with Crippen molar-refractivity contribution in [2.45, 2.75) is 38.3 Å². The number of rotatable bonds is 5. The van der Waals surface area contributed by atoms with Crippen molar-refractivity contribution in [1.82, 2.24) is 9.80 Å². The summed E-state index contributed by atoms with van der Waals surface area (Å²) in [5, 5.41) is 0. The molecule has 0 bridgehead atoms. The molecule has 2 aliphatic rings. The molecule has 5 heteroatoms. The molecule has 2 heterocycles. The van der Waals surface area contributed by atoms with E-state index in [-0.39, 0.29) is 17.9 Å². The van der Waals surface area contributed by atoms with Crippen molar-refractivity contribution in [3.8, 4) is 5.75 Å². The summed E-state index contributed by atoms with van der Waals surface area (Å²) in [7, 11) is 1.63. The summed E-state index contributed by atoms with van der Waals surface area (Å²) >= 11 is 0. The van der Waals surface area contributed by atoms with Crippen LogP contribution in [0.25, 0.3) is 0 Å². The van der Waals surface area contributed by atoms with E-state index >= 15 is 0 Å². The van der Waals surface area contributed by atoms with Crippen LogP contribution in [-0.2, 0) is 11.3 Å². The van der Waals surface area contributed by atoms with Crippen LogP contribution in [0.5, 0.6) is 5.75 Å². The van der Waals surface area contributed by atoms with Crippen molar-refractivity contribution in [3.63, 3.8) is 0 Å². The minimum absolute atomic E-state index is 0.00265. The van der Waals surface area contributed by atoms with E-state index in [2.05, 4.69) is 0 Å². The van der Waals surface area contributed by atoms with Gasteiger partial charge >= 0.3 is 0 Å². The molecule has 146 valence electrons. The summed E-state index contributed by atoms with van der Waals surface area (Å²) in [4.78, 5) is 29.9. The Morgan fingerprint density at radius 2 is 1.75 bits per heavy atom. The highest BCUT2D eigenvalue weighted by Gasteiger charge is 2.35. The van der Waals surface area contributed by atoms with Gasteiger partial charge in [0.15, 0.2) is 0 Å². The van der Waals surface area contributed by atoms with Crippen molar-refractivity contribution < 1.29 is 14.3 Å². The van der Waals surface area contributed by atoms with E-state index in [0.29, 0.717) is 13.0 Å². The molecule has 0 aromatic heterocycles. The summed E-state index contributed by atoms with van der Waals surface area (Å²) < 4.78 is 5.27. The molecule has 2 aliphatic heterocycles. The van der Waals surface area contributed by atoms with Crippen molar-refractivity contribution >= 4 is 11.8 Å². The molecule has 4 rings (SSSR count). The molecule has 0 spiro atoms. The fraction of sp³-hybridized carbons (Fsp3) is 0.391. The highest BCUT2D eigenvalue weighted by atomic mass is 16.5. The molecular formula is C23H26N2O3. The third-order valence-electron chi connectivity index (χ3n) is 5.80. The molecule has 2 aromatic rings. The number of hydrogen-bond donors (Lipinski definition) is 0. The zero-order chi connectivity index (χ0) is 19.5. The first-order valence-corrected chi connectivity index (χ1v) is 9.98. The van der Waals surface area contributed by atoms with Crippen molar-refractivity contribution in [2.24, 2.45) is 0 Å². The smallest absolute Gasteiger partial charge is 0.255 e. The first kappa shape index (κ1) is 18.5. The number of likely N-dealkylation sites (tertiary alicyclic amines) is 1. The maximum Gasteiger partial charge on any atom is 0.255 e. The van der Waals surface area contributed by atoms with Gasteiger partial charge in [-0.15, -0.1) is 0 Å². The average molecular weight is 378 g/mol. The Morgan fingerprint density at radius 1 is 1.04 bits per heavy atom. The lowest BCUT2D eigenvalue weighted by atomic mass is 10.00. The number of hydrogen-bond acceptors (Lipinski definition) is 3. The van der Waals surface area contributed by atoms with Crippen LogP contribution in [0.2, 0.25) is 0 Å². The van der Waals surface area contributed by atoms with E-state index in [0.717, 1.165) is 48.4 Å². The normalized spacial score (nSPS) is 17.4. The molecule has 0 N–H and O–H groups in total. The minimum atomic E-state index is -0.278. The van der Waals surface area contributed by atoms with Gasteiger partial charge in [0.1, 0.15) is 5.75 Å². The number of piperidine rings is 1. The van der Waals surface area contributed by atoms with E-state index in [1.54, 1.807) is 7.11 Å². The van der Waals surface area contributed by atoms with Crippen LogP contribution < -0.4 is 4.74 Å².